The van der Waals surface area contributed by atoms with E-state index in [0.29, 0.717) is 17.0 Å². The number of benzene rings is 1. The van der Waals surface area contributed by atoms with Crippen molar-refractivity contribution in [2.75, 3.05) is 5.73 Å². The first-order valence-electron chi connectivity index (χ1n) is 5.56. The van der Waals surface area contributed by atoms with Crippen molar-refractivity contribution in [1.29, 1.82) is 0 Å². The SMILES string of the molecule is Nc1ccc(-c2nc(-c3ccoc3)no2)cc1[N+](=O)[O-]. The van der Waals surface area contributed by atoms with Gasteiger partial charge in [-0.25, -0.2) is 0 Å². The van der Waals surface area contributed by atoms with Gasteiger partial charge in [-0.1, -0.05) is 5.16 Å². The molecule has 0 unspecified atom stereocenters. The fourth-order valence-corrected chi connectivity index (χ4v) is 1.68. The zero-order valence-electron chi connectivity index (χ0n) is 10.0. The highest BCUT2D eigenvalue weighted by Crippen LogP contribution is 2.29. The predicted octanol–water partition coefficient (Wildman–Crippen LogP) is 2.49. The Labute approximate surface area is 112 Å². The van der Waals surface area contributed by atoms with Crippen LogP contribution in [0.15, 0.2) is 45.7 Å². The molecule has 100 valence electrons. The standard InChI is InChI=1S/C12H8N4O4/c13-9-2-1-7(5-10(9)16(17)18)12-14-11(15-20-12)8-3-4-19-6-8/h1-6H,13H2. The summed E-state index contributed by atoms with van der Waals surface area (Å²) in [5, 5.41) is 14.6. The van der Waals surface area contributed by atoms with Gasteiger partial charge in [0, 0.05) is 11.6 Å². The van der Waals surface area contributed by atoms with E-state index in [4.69, 9.17) is 14.7 Å². The molecule has 20 heavy (non-hydrogen) atoms. The molecule has 3 rings (SSSR count). The van der Waals surface area contributed by atoms with E-state index in [1.807, 2.05) is 0 Å². The van der Waals surface area contributed by atoms with Crippen LogP contribution in [-0.2, 0) is 0 Å². The summed E-state index contributed by atoms with van der Waals surface area (Å²) in [5.41, 5.74) is 6.49. The van der Waals surface area contributed by atoms with Crippen molar-refractivity contribution in [2.24, 2.45) is 0 Å². The molecular formula is C12H8N4O4. The molecule has 0 atom stereocenters. The first-order valence-corrected chi connectivity index (χ1v) is 5.56. The Bertz CT molecular complexity index is 764. The Kier molecular flexibility index (Phi) is 2.68. The molecule has 2 N–H and O–H groups in total. The van der Waals surface area contributed by atoms with Gasteiger partial charge >= 0.3 is 0 Å². The van der Waals surface area contributed by atoms with Crippen LogP contribution in [0, 0.1) is 10.1 Å². The average molecular weight is 272 g/mol. The van der Waals surface area contributed by atoms with Gasteiger partial charge in [0.1, 0.15) is 12.0 Å². The van der Waals surface area contributed by atoms with Crippen molar-refractivity contribution in [3.8, 4) is 22.8 Å². The highest BCUT2D eigenvalue weighted by atomic mass is 16.6. The van der Waals surface area contributed by atoms with Gasteiger partial charge in [-0.15, -0.1) is 0 Å². The van der Waals surface area contributed by atoms with Crippen LogP contribution in [0.25, 0.3) is 22.8 Å². The smallest absolute Gasteiger partial charge is 0.292 e. The topological polar surface area (TPSA) is 121 Å². The van der Waals surface area contributed by atoms with E-state index < -0.39 is 4.92 Å². The van der Waals surface area contributed by atoms with Crippen molar-refractivity contribution in [1.82, 2.24) is 10.1 Å². The summed E-state index contributed by atoms with van der Waals surface area (Å²) in [7, 11) is 0. The minimum absolute atomic E-state index is 0.0772. The van der Waals surface area contributed by atoms with E-state index in [1.54, 1.807) is 12.1 Å². The van der Waals surface area contributed by atoms with Crippen molar-refractivity contribution in [3.05, 3.63) is 46.9 Å². The van der Waals surface area contributed by atoms with Gasteiger partial charge in [-0.2, -0.15) is 4.98 Å². The molecule has 1 aromatic carbocycles. The Balaban J connectivity index is 2.02. The summed E-state index contributed by atoms with van der Waals surface area (Å²) >= 11 is 0. The van der Waals surface area contributed by atoms with Crippen molar-refractivity contribution in [3.63, 3.8) is 0 Å². The molecule has 0 spiro atoms. The summed E-state index contributed by atoms with van der Waals surface area (Å²) in [6.07, 6.45) is 2.96. The van der Waals surface area contributed by atoms with Crippen LogP contribution in [0.3, 0.4) is 0 Å². The number of nitrogens with two attached hydrogens (primary N) is 1. The molecule has 0 aliphatic carbocycles. The number of hydrogen-bond donors (Lipinski definition) is 1. The van der Waals surface area contributed by atoms with Crippen molar-refractivity contribution in [2.45, 2.75) is 0 Å². The van der Waals surface area contributed by atoms with E-state index in [9.17, 15) is 10.1 Å². The molecule has 8 nitrogen and oxygen atoms in total. The second-order valence-electron chi connectivity index (χ2n) is 3.97. The van der Waals surface area contributed by atoms with Crippen molar-refractivity contribution < 1.29 is 13.9 Å². The van der Waals surface area contributed by atoms with Crippen LogP contribution in [0.4, 0.5) is 11.4 Å². The number of hydrogen-bond acceptors (Lipinski definition) is 7. The number of nitro benzene ring substituents is 1. The van der Waals surface area contributed by atoms with Gasteiger partial charge in [-0.3, -0.25) is 10.1 Å². The number of nitrogens with zero attached hydrogens (tertiary/aromatic N) is 3. The van der Waals surface area contributed by atoms with Gasteiger partial charge in [0.15, 0.2) is 0 Å². The van der Waals surface area contributed by atoms with Crippen LogP contribution in [0.1, 0.15) is 0 Å². The first-order chi connectivity index (χ1) is 9.65. The van der Waals surface area contributed by atoms with Crippen LogP contribution < -0.4 is 5.73 Å². The number of furan rings is 1. The highest BCUT2D eigenvalue weighted by Gasteiger charge is 2.17. The maximum atomic E-state index is 10.8. The Morgan fingerprint density at radius 3 is 2.80 bits per heavy atom. The van der Waals surface area contributed by atoms with Gasteiger partial charge in [0.05, 0.1) is 16.7 Å². The van der Waals surface area contributed by atoms with Crippen molar-refractivity contribution >= 4 is 11.4 Å². The number of aromatic nitrogens is 2. The Morgan fingerprint density at radius 1 is 1.25 bits per heavy atom. The fourth-order valence-electron chi connectivity index (χ4n) is 1.68. The molecule has 0 aliphatic rings. The fraction of sp³-hybridized carbons (Fsp3) is 0. The molecule has 8 heteroatoms. The summed E-state index contributed by atoms with van der Waals surface area (Å²) in [4.78, 5) is 14.4. The molecule has 0 radical (unpaired) electrons. The van der Waals surface area contributed by atoms with E-state index in [1.165, 1.54) is 24.7 Å². The third-order valence-corrected chi connectivity index (χ3v) is 2.68. The van der Waals surface area contributed by atoms with Crippen LogP contribution in [-0.4, -0.2) is 15.1 Å². The molecule has 0 saturated heterocycles. The normalized spacial score (nSPS) is 10.6. The lowest BCUT2D eigenvalue weighted by Gasteiger charge is -1.98. The number of nitro groups is 1. The van der Waals surface area contributed by atoms with E-state index in [2.05, 4.69) is 10.1 Å². The summed E-state index contributed by atoms with van der Waals surface area (Å²) < 4.78 is 10.0. The zero-order chi connectivity index (χ0) is 14.1. The van der Waals surface area contributed by atoms with Gasteiger partial charge in [0.25, 0.3) is 11.6 Å². The zero-order valence-corrected chi connectivity index (χ0v) is 10.0. The maximum Gasteiger partial charge on any atom is 0.292 e. The molecule has 2 heterocycles. The summed E-state index contributed by atoms with van der Waals surface area (Å²) in [6, 6.07) is 5.98. The average Bonchev–Trinajstić information content (AvgIpc) is 3.09. The van der Waals surface area contributed by atoms with Crippen LogP contribution in [0.2, 0.25) is 0 Å². The molecule has 3 aromatic rings. The molecular weight excluding hydrogens is 264 g/mol. The molecule has 2 aromatic heterocycles. The lowest BCUT2D eigenvalue weighted by atomic mass is 10.2. The van der Waals surface area contributed by atoms with Crippen LogP contribution in [0.5, 0.6) is 0 Å². The molecule has 0 bridgehead atoms. The molecule has 0 saturated carbocycles. The quantitative estimate of drug-likeness (QED) is 0.441. The van der Waals surface area contributed by atoms with E-state index in [0.717, 1.165) is 0 Å². The molecule has 0 amide bonds. The van der Waals surface area contributed by atoms with E-state index >= 15 is 0 Å². The maximum absolute atomic E-state index is 10.8. The second kappa shape index (κ2) is 4.50. The first kappa shape index (κ1) is 11.9. The Hall–Kier alpha value is -3.16. The summed E-state index contributed by atoms with van der Waals surface area (Å²) in [5.74, 6) is 0.512. The Morgan fingerprint density at radius 2 is 2.10 bits per heavy atom. The predicted molar refractivity (Wildman–Crippen MR) is 68.5 cm³/mol. The minimum atomic E-state index is -0.563. The molecule has 0 aliphatic heterocycles. The lowest BCUT2D eigenvalue weighted by molar-refractivity contribution is -0.383. The van der Waals surface area contributed by atoms with Gasteiger partial charge in [-0.05, 0) is 18.2 Å². The highest BCUT2D eigenvalue weighted by molar-refractivity contribution is 5.68. The van der Waals surface area contributed by atoms with E-state index in [-0.39, 0.29) is 17.3 Å². The number of anilines is 1. The molecule has 0 fully saturated rings. The number of nitrogen functional groups attached to an aromatic ring is 1. The second-order valence-corrected chi connectivity index (χ2v) is 3.97. The number of rotatable bonds is 3. The monoisotopic (exact) mass is 272 g/mol. The third-order valence-electron chi connectivity index (χ3n) is 2.68. The lowest BCUT2D eigenvalue weighted by Crippen LogP contribution is -1.95. The minimum Gasteiger partial charge on any atom is -0.472 e. The van der Waals surface area contributed by atoms with Gasteiger partial charge in [0.2, 0.25) is 5.82 Å². The van der Waals surface area contributed by atoms with Gasteiger partial charge < -0.3 is 14.7 Å². The summed E-state index contributed by atoms with van der Waals surface area (Å²) in [6.45, 7) is 0. The van der Waals surface area contributed by atoms with Crippen LogP contribution >= 0.6 is 0 Å². The third kappa shape index (κ3) is 1.99. The largest absolute Gasteiger partial charge is 0.472 e.